The van der Waals surface area contributed by atoms with Crippen LogP contribution in [0.25, 0.3) is 0 Å². The highest BCUT2D eigenvalue weighted by Crippen LogP contribution is 2.22. The number of carbonyl (C=O) groups excluding carboxylic acids is 1. The monoisotopic (exact) mass is 655 g/mol. The number of unbranched alkanes of at least 4 members (excludes halogenated alkanes) is 10. The summed E-state index contributed by atoms with van der Waals surface area (Å²) in [6.07, 6.45) is 31.9. The molecule has 0 aromatic heterocycles. The number of hydrogen-bond donors (Lipinski definition) is 0. The molecule has 0 N–H and O–H groups in total. The van der Waals surface area contributed by atoms with Gasteiger partial charge in [0.1, 0.15) is 6.10 Å². The predicted octanol–water partition coefficient (Wildman–Crippen LogP) is 13.3. The second kappa shape index (κ2) is 42.4. The lowest BCUT2D eigenvalue weighted by molar-refractivity contribution is -0.150. The number of hydrogen-bond acceptors (Lipinski definition) is 4. The molecular formula is C42H90N2O2. The molecule has 280 valence electrons. The van der Waals surface area contributed by atoms with Crippen LogP contribution in [0.1, 0.15) is 216 Å². The molecule has 1 saturated carbocycles. The van der Waals surface area contributed by atoms with Crippen LogP contribution in [0.3, 0.4) is 0 Å². The first-order valence-electron chi connectivity index (χ1n) is 21.1. The first kappa shape index (κ1) is 49.8. The first-order chi connectivity index (χ1) is 22.5. The summed E-state index contributed by atoms with van der Waals surface area (Å²) in [5, 5.41) is 0. The smallest absolute Gasteiger partial charge is 0.306 e. The Morgan fingerprint density at radius 1 is 0.543 bits per heavy atom. The van der Waals surface area contributed by atoms with Crippen LogP contribution in [0, 0.1) is 5.92 Å². The fourth-order valence-electron chi connectivity index (χ4n) is 6.20. The third-order valence-corrected chi connectivity index (χ3v) is 9.04. The molecule has 46 heavy (non-hydrogen) atoms. The van der Waals surface area contributed by atoms with Gasteiger partial charge in [-0.25, -0.2) is 0 Å². The summed E-state index contributed by atoms with van der Waals surface area (Å²) in [7, 11) is 4.36. The van der Waals surface area contributed by atoms with Crippen LogP contribution in [0.2, 0.25) is 0 Å². The minimum Gasteiger partial charge on any atom is -0.462 e. The summed E-state index contributed by atoms with van der Waals surface area (Å²) in [4.78, 5) is 17.6. The summed E-state index contributed by atoms with van der Waals surface area (Å²) < 4.78 is 6.02. The van der Waals surface area contributed by atoms with Crippen LogP contribution < -0.4 is 0 Å². The molecule has 0 amide bonds. The maximum atomic E-state index is 12.6. The number of nitrogens with zero attached hydrogens (tertiary/aromatic N) is 2. The van der Waals surface area contributed by atoms with E-state index in [9.17, 15) is 4.79 Å². The Bertz CT molecular complexity index is 554. The maximum absolute atomic E-state index is 12.6. The van der Waals surface area contributed by atoms with Crippen LogP contribution in [-0.4, -0.2) is 62.1 Å². The highest BCUT2D eigenvalue weighted by atomic mass is 16.5. The van der Waals surface area contributed by atoms with Gasteiger partial charge in [-0.15, -0.1) is 0 Å². The Labute approximate surface area is 293 Å². The lowest BCUT2D eigenvalue weighted by Gasteiger charge is -2.24. The predicted molar refractivity (Wildman–Crippen MR) is 209 cm³/mol. The third-order valence-electron chi connectivity index (χ3n) is 9.04. The van der Waals surface area contributed by atoms with Gasteiger partial charge < -0.3 is 14.5 Å². The largest absolute Gasteiger partial charge is 0.462 e. The van der Waals surface area contributed by atoms with Crippen molar-refractivity contribution in [2.75, 3.05) is 40.3 Å². The van der Waals surface area contributed by atoms with Crippen molar-refractivity contribution in [3.8, 4) is 0 Å². The van der Waals surface area contributed by atoms with Crippen LogP contribution in [0.4, 0.5) is 0 Å². The van der Waals surface area contributed by atoms with E-state index >= 15 is 0 Å². The molecule has 1 aliphatic carbocycles. The van der Waals surface area contributed by atoms with E-state index in [4.69, 9.17) is 4.74 Å². The third kappa shape index (κ3) is 37.8. The topological polar surface area (TPSA) is 32.8 Å². The van der Waals surface area contributed by atoms with Gasteiger partial charge >= 0.3 is 5.97 Å². The van der Waals surface area contributed by atoms with Gasteiger partial charge in [-0.2, -0.15) is 0 Å². The minimum absolute atomic E-state index is 0.0590. The molecule has 2 unspecified atom stereocenters. The summed E-state index contributed by atoms with van der Waals surface area (Å²) in [5.41, 5.74) is 0. The fraction of sp³-hybridized carbons (Fsp3) is 0.976. The van der Waals surface area contributed by atoms with Crippen LogP contribution >= 0.6 is 0 Å². The van der Waals surface area contributed by atoms with Gasteiger partial charge in [-0.05, 0) is 78.0 Å². The van der Waals surface area contributed by atoms with Crippen molar-refractivity contribution in [3.63, 3.8) is 0 Å². The van der Waals surface area contributed by atoms with Crippen molar-refractivity contribution < 1.29 is 9.53 Å². The Kier molecular flexibility index (Phi) is 45.9. The maximum Gasteiger partial charge on any atom is 0.306 e. The van der Waals surface area contributed by atoms with E-state index in [1.165, 1.54) is 148 Å². The molecule has 0 spiro atoms. The van der Waals surface area contributed by atoms with Crippen LogP contribution in [-0.2, 0) is 9.53 Å². The molecule has 1 fully saturated rings. The Balaban J connectivity index is -0.00000290. The summed E-state index contributed by atoms with van der Waals surface area (Å²) in [6, 6.07) is 0. The lowest BCUT2D eigenvalue weighted by Crippen LogP contribution is -2.33. The molecule has 1 aliphatic rings. The van der Waals surface area contributed by atoms with Gasteiger partial charge in [-0.1, -0.05) is 165 Å². The molecule has 0 saturated heterocycles. The van der Waals surface area contributed by atoms with Gasteiger partial charge in [0.2, 0.25) is 0 Å². The van der Waals surface area contributed by atoms with Gasteiger partial charge in [0.05, 0.1) is 0 Å². The number of likely N-dealkylation sites (N-methyl/N-ethyl adjacent to an activating group) is 1. The molecular weight excluding hydrogens is 564 g/mol. The van der Waals surface area contributed by atoms with E-state index in [-0.39, 0.29) is 12.1 Å². The van der Waals surface area contributed by atoms with Crippen LogP contribution in [0.15, 0.2) is 0 Å². The normalized spacial score (nSPS) is 17.8. The summed E-state index contributed by atoms with van der Waals surface area (Å²) in [5.74, 6) is 0.878. The lowest BCUT2D eigenvalue weighted by atomic mass is 9.94. The molecule has 0 heterocycles. The second-order valence-electron chi connectivity index (χ2n) is 13.5. The molecule has 0 aliphatic heterocycles. The van der Waals surface area contributed by atoms with Crippen molar-refractivity contribution in [2.24, 2.45) is 5.92 Å². The zero-order chi connectivity index (χ0) is 35.1. The molecule has 4 heteroatoms. The average Bonchev–Trinajstić information content (AvgIpc) is 3.07. The minimum atomic E-state index is 0.0590. The standard InChI is InChI=1S/C36H72N2O2.3C2H6/c1-5-6-7-8-12-17-22-30-38(33-32-37(3)4)31-23-18-13-16-21-29-36(39)40-35-27-20-15-11-9-10-14-19-25-34(2)26-24-28-35;3*1-2/h34-35H,5-33H2,1-4H3;3*1-2H3. The summed E-state index contributed by atoms with van der Waals surface area (Å²) in [6.45, 7) is 21.5. The zero-order valence-electron chi connectivity index (χ0n) is 33.9. The highest BCUT2D eigenvalue weighted by Gasteiger charge is 2.15. The molecule has 4 nitrogen and oxygen atoms in total. The van der Waals surface area contributed by atoms with E-state index in [1.807, 2.05) is 41.5 Å². The van der Waals surface area contributed by atoms with Crippen molar-refractivity contribution >= 4 is 5.97 Å². The van der Waals surface area contributed by atoms with Gasteiger partial charge in [0, 0.05) is 19.5 Å². The highest BCUT2D eigenvalue weighted by molar-refractivity contribution is 5.69. The van der Waals surface area contributed by atoms with Crippen molar-refractivity contribution in [2.45, 2.75) is 222 Å². The number of ether oxygens (including phenoxy) is 1. The fourth-order valence-corrected chi connectivity index (χ4v) is 6.20. The van der Waals surface area contributed by atoms with Gasteiger partial charge in [0.25, 0.3) is 0 Å². The van der Waals surface area contributed by atoms with Crippen molar-refractivity contribution in [1.29, 1.82) is 0 Å². The Morgan fingerprint density at radius 2 is 0.978 bits per heavy atom. The molecule has 0 aromatic carbocycles. The molecule has 0 radical (unpaired) electrons. The molecule has 0 aromatic rings. The van der Waals surface area contributed by atoms with E-state index in [1.54, 1.807) is 0 Å². The van der Waals surface area contributed by atoms with Gasteiger partial charge in [-0.3, -0.25) is 4.79 Å². The number of carbonyl (C=O) groups is 1. The first-order valence-corrected chi connectivity index (χ1v) is 21.1. The average molecular weight is 655 g/mol. The second-order valence-corrected chi connectivity index (χ2v) is 13.5. The molecule has 0 bridgehead atoms. The number of esters is 1. The molecule has 2 atom stereocenters. The van der Waals surface area contributed by atoms with E-state index in [2.05, 4.69) is 37.7 Å². The summed E-state index contributed by atoms with van der Waals surface area (Å²) >= 11 is 0. The number of rotatable bonds is 20. The van der Waals surface area contributed by atoms with Gasteiger partial charge in [0.15, 0.2) is 0 Å². The quantitative estimate of drug-likeness (QED) is 0.0966. The van der Waals surface area contributed by atoms with E-state index in [0.29, 0.717) is 6.42 Å². The van der Waals surface area contributed by atoms with E-state index < -0.39 is 0 Å². The van der Waals surface area contributed by atoms with Crippen molar-refractivity contribution in [3.05, 3.63) is 0 Å². The SMILES string of the molecule is CC.CC.CC.CCCCCCCCCN(CCCCCCCC(=O)OC1CCCCCCCCCC(C)CCC1)CCN(C)C. The van der Waals surface area contributed by atoms with E-state index in [0.717, 1.165) is 38.1 Å². The Morgan fingerprint density at radius 3 is 1.52 bits per heavy atom. The zero-order valence-corrected chi connectivity index (χ0v) is 33.9. The molecule has 1 rings (SSSR count). The Hall–Kier alpha value is -0.610. The van der Waals surface area contributed by atoms with Crippen molar-refractivity contribution in [1.82, 2.24) is 9.80 Å². The van der Waals surface area contributed by atoms with Crippen LogP contribution in [0.5, 0.6) is 0 Å².